The van der Waals surface area contributed by atoms with Crippen molar-refractivity contribution < 1.29 is 9.47 Å². The van der Waals surface area contributed by atoms with E-state index in [0.29, 0.717) is 6.01 Å². The Kier molecular flexibility index (Phi) is 4.78. The van der Waals surface area contributed by atoms with Crippen LogP contribution >= 0.6 is 0 Å². The first-order chi connectivity index (χ1) is 11.9. The normalized spacial score (nSPS) is 19.2. The van der Waals surface area contributed by atoms with Gasteiger partial charge in [0.25, 0.3) is 0 Å². The van der Waals surface area contributed by atoms with E-state index in [4.69, 9.17) is 9.47 Å². The molecule has 1 aromatic heterocycles. The summed E-state index contributed by atoms with van der Waals surface area (Å²) in [6.07, 6.45) is 9.46. The molecule has 128 valence electrons. The van der Waals surface area contributed by atoms with Crippen LogP contribution in [0.5, 0.6) is 11.8 Å². The van der Waals surface area contributed by atoms with Crippen molar-refractivity contribution in [1.29, 1.82) is 0 Å². The van der Waals surface area contributed by atoms with Crippen LogP contribution in [0.3, 0.4) is 0 Å². The van der Waals surface area contributed by atoms with Gasteiger partial charge in [-0.1, -0.05) is 0 Å². The van der Waals surface area contributed by atoms with E-state index in [9.17, 15) is 0 Å². The molecule has 0 unspecified atom stereocenters. The van der Waals surface area contributed by atoms with Crippen LogP contribution in [0.4, 0.5) is 0 Å². The molecule has 0 radical (unpaired) electrons. The maximum absolute atomic E-state index is 5.91. The van der Waals surface area contributed by atoms with E-state index in [-0.39, 0.29) is 6.10 Å². The molecular formula is C19H25N3O2. The molecule has 0 spiro atoms. The van der Waals surface area contributed by atoms with Crippen LogP contribution in [0.2, 0.25) is 0 Å². The molecule has 0 bridgehead atoms. The Bertz CT molecular complexity index is 679. The van der Waals surface area contributed by atoms with Gasteiger partial charge in [-0.2, -0.15) is 4.98 Å². The highest BCUT2D eigenvalue weighted by Gasteiger charge is 2.18. The summed E-state index contributed by atoms with van der Waals surface area (Å²) in [5, 5.41) is 1.01. The van der Waals surface area contributed by atoms with Crippen LogP contribution < -0.4 is 9.47 Å². The number of likely N-dealkylation sites (tertiary alicyclic amines) is 1. The zero-order valence-electron chi connectivity index (χ0n) is 14.1. The number of hydrogen-bond donors (Lipinski definition) is 0. The van der Waals surface area contributed by atoms with Gasteiger partial charge in [0.05, 0.1) is 5.52 Å². The average Bonchev–Trinajstić information content (AvgIpc) is 3.28. The lowest BCUT2D eigenvalue weighted by molar-refractivity contribution is 0.193. The van der Waals surface area contributed by atoms with Crippen molar-refractivity contribution in [3.63, 3.8) is 0 Å². The Labute approximate surface area is 143 Å². The number of nitrogens with zero attached hydrogens (tertiary/aromatic N) is 3. The Hall–Kier alpha value is -1.88. The first kappa shape index (κ1) is 15.6. The summed E-state index contributed by atoms with van der Waals surface area (Å²) in [5.74, 6) is 0.868. The molecule has 2 aliphatic rings. The minimum Gasteiger partial charge on any atom is -0.492 e. The number of aromatic nitrogens is 2. The zero-order valence-corrected chi connectivity index (χ0v) is 14.1. The molecule has 1 saturated carbocycles. The van der Waals surface area contributed by atoms with Crippen molar-refractivity contribution >= 4 is 10.9 Å². The summed E-state index contributed by atoms with van der Waals surface area (Å²) in [4.78, 5) is 11.3. The van der Waals surface area contributed by atoms with Gasteiger partial charge in [0, 0.05) is 24.2 Å². The quantitative estimate of drug-likeness (QED) is 0.813. The molecule has 1 saturated heterocycles. The van der Waals surface area contributed by atoms with Gasteiger partial charge >= 0.3 is 6.01 Å². The number of ether oxygens (including phenoxy) is 2. The van der Waals surface area contributed by atoms with E-state index in [2.05, 4.69) is 14.9 Å². The second-order valence-electron chi connectivity index (χ2n) is 6.79. The van der Waals surface area contributed by atoms with E-state index in [1.165, 1.54) is 38.8 Å². The molecule has 0 atom stereocenters. The van der Waals surface area contributed by atoms with Gasteiger partial charge in [0.2, 0.25) is 0 Å². The molecular weight excluding hydrogens is 302 g/mol. The summed E-state index contributed by atoms with van der Waals surface area (Å²) < 4.78 is 11.8. The minimum atomic E-state index is 0.280. The Morgan fingerprint density at radius 2 is 1.92 bits per heavy atom. The van der Waals surface area contributed by atoms with Gasteiger partial charge in [0.15, 0.2) is 0 Å². The number of rotatable bonds is 6. The van der Waals surface area contributed by atoms with E-state index in [1.807, 2.05) is 24.4 Å². The Morgan fingerprint density at radius 3 is 2.75 bits per heavy atom. The van der Waals surface area contributed by atoms with Crippen LogP contribution in [-0.4, -0.2) is 47.2 Å². The maximum Gasteiger partial charge on any atom is 0.317 e. The van der Waals surface area contributed by atoms with Crippen molar-refractivity contribution in [3.8, 4) is 11.8 Å². The van der Waals surface area contributed by atoms with Gasteiger partial charge in [-0.3, -0.25) is 4.90 Å². The number of benzene rings is 1. The summed E-state index contributed by atoms with van der Waals surface area (Å²) in [5.41, 5.74) is 0.886. The van der Waals surface area contributed by atoms with Gasteiger partial charge in [-0.15, -0.1) is 0 Å². The molecule has 24 heavy (non-hydrogen) atoms. The molecule has 0 amide bonds. The summed E-state index contributed by atoms with van der Waals surface area (Å²) in [6, 6.07) is 6.49. The van der Waals surface area contributed by atoms with Gasteiger partial charge in [0.1, 0.15) is 18.5 Å². The third kappa shape index (κ3) is 3.78. The standard InChI is InChI=1S/C19H25N3O2/c1-2-6-16(5-1)24-19-20-14-15-7-8-17(13-18(15)21-19)23-12-11-22-9-3-4-10-22/h7-8,13-14,16H,1-6,9-12H2. The summed E-state index contributed by atoms with van der Waals surface area (Å²) >= 11 is 0. The molecule has 2 fully saturated rings. The van der Waals surface area contributed by atoms with E-state index in [0.717, 1.165) is 42.6 Å². The Balaban J connectivity index is 1.40. The SMILES string of the molecule is c1cc2cnc(OC3CCCC3)nc2cc1OCCN1CCCC1. The average molecular weight is 327 g/mol. The number of hydrogen-bond acceptors (Lipinski definition) is 5. The van der Waals surface area contributed by atoms with Crippen LogP contribution in [0.25, 0.3) is 10.9 Å². The molecule has 1 aliphatic heterocycles. The lowest BCUT2D eigenvalue weighted by Gasteiger charge is -2.15. The molecule has 5 nitrogen and oxygen atoms in total. The highest BCUT2D eigenvalue weighted by atomic mass is 16.5. The topological polar surface area (TPSA) is 47.5 Å². The van der Waals surface area contributed by atoms with Gasteiger partial charge < -0.3 is 9.47 Å². The third-order valence-electron chi connectivity index (χ3n) is 4.98. The lowest BCUT2D eigenvalue weighted by Crippen LogP contribution is -2.25. The third-order valence-corrected chi connectivity index (χ3v) is 4.98. The first-order valence-corrected chi connectivity index (χ1v) is 9.15. The van der Waals surface area contributed by atoms with Gasteiger partial charge in [-0.05, 0) is 63.7 Å². The second kappa shape index (κ2) is 7.34. The molecule has 1 aromatic carbocycles. The lowest BCUT2D eigenvalue weighted by atomic mass is 10.2. The molecule has 0 N–H and O–H groups in total. The molecule has 4 rings (SSSR count). The first-order valence-electron chi connectivity index (χ1n) is 9.15. The smallest absolute Gasteiger partial charge is 0.317 e. The van der Waals surface area contributed by atoms with E-state index in [1.54, 1.807) is 0 Å². The second-order valence-corrected chi connectivity index (χ2v) is 6.79. The van der Waals surface area contributed by atoms with Crippen LogP contribution in [0.1, 0.15) is 38.5 Å². The maximum atomic E-state index is 5.91. The van der Waals surface area contributed by atoms with Crippen molar-refractivity contribution in [2.75, 3.05) is 26.2 Å². The molecule has 1 aliphatic carbocycles. The zero-order chi connectivity index (χ0) is 16.2. The molecule has 2 aromatic rings. The fourth-order valence-electron chi connectivity index (χ4n) is 3.59. The van der Waals surface area contributed by atoms with E-state index >= 15 is 0 Å². The predicted octanol–water partition coefficient (Wildman–Crippen LogP) is 3.43. The van der Waals surface area contributed by atoms with Crippen molar-refractivity contribution in [2.45, 2.75) is 44.6 Å². The van der Waals surface area contributed by atoms with Crippen LogP contribution in [0.15, 0.2) is 24.4 Å². The number of fused-ring (bicyclic) bond motifs is 1. The van der Waals surface area contributed by atoms with Crippen molar-refractivity contribution in [2.24, 2.45) is 0 Å². The van der Waals surface area contributed by atoms with Crippen LogP contribution in [-0.2, 0) is 0 Å². The van der Waals surface area contributed by atoms with Gasteiger partial charge in [-0.25, -0.2) is 4.98 Å². The fraction of sp³-hybridized carbons (Fsp3) is 0.579. The highest BCUT2D eigenvalue weighted by Crippen LogP contribution is 2.24. The molecule has 2 heterocycles. The monoisotopic (exact) mass is 327 g/mol. The minimum absolute atomic E-state index is 0.280. The van der Waals surface area contributed by atoms with E-state index < -0.39 is 0 Å². The van der Waals surface area contributed by atoms with Crippen molar-refractivity contribution in [3.05, 3.63) is 24.4 Å². The van der Waals surface area contributed by atoms with Crippen molar-refractivity contribution in [1.82, 2.24) is 14.9 Å². The predicted molar refractivity (Wildman–Crippen MR) is 93.6 cm³/mol. The highest BCUT2D eigenvalue weighted by molar-refractivity contribution is 5.79. The largest absolute Gasteiger partial charge is 0.492 e. The summed E-state index contributed by atoms with van der Waals surface area (Å²) in [7, 11) is 0. The summed E-state index contributed by atoms with van der Waals surface area (Å²) in [6.45, 7) is 4.13. The fourth-order valence-corrected chi connectivity index (χ4v) is 3.59. The van der Waals surface area contributed by atoms with Crippen LogP contribution in [0, 0.1) is 0 Å². The Morgan fingerprint density at radius 1 is 1.08 bits per heavy atom. The molecule has 5 heteroatoms.